The van der Waals surface area contributed by atoms with Crippen LogP contribution in [0.1, 0.15) is 5.76 Å². The maximum absolute atomic E-state index is 12.1. The van der Waals surface area contributed by atoms with Gasteiger partial charge in [-0.2, -0.15) is 4.98 Å². The van der Waals surface area contributed by atoms with E-state index in [0.29, 0.717) is 0 Å². The van der Waals surface area contributed by atoms with E-state index in [1.807, 2.05) is 0 Å². The summed E-state index contributed by atoms with van der Waals surface area (Å²) in [6, 6.07) is 2.72. The number of hydrogen-bond acceptors (Lipinski definition) is 7. The van der Waals surface area contributed by atoms with Gasteiger partial charge in [-0.1, -0.05) is 0 Å². The molecular weight excluding hydrogens is 276 g/mol. The Kier molecular flexibility index (Phi) is 2.72. The fraction of sp³-hybridized carbons (Fsp3) is 0.0769. The molecule has 0 aromatic carbocycles. The number of nitrogen functional groups attached to an aromatic ring is 1. The molecule has 0 saturated carbocycles. The van der Waals surface area contributed by atoms with Gasteiger partial charge in [0.15, 0.2) is 5.65 Å². The zero-order valence-electron chi connectivity index (χ0n) is 10.9. The monoisotopic (exact) mass is 286 g/mol. The molecule has 0 amide bonds. The van der Waals surface area contributed by atoms with E-state index in [0.717, 1.165) is 0 Å². The van der Waals surface area contributed by atoms with Crippen molar-refractivity contribution in [3.63, 3.8) is 0 Å². The molecule has 0 saturated heterocycles. The summed E-state index contributed by atoms with van der Waals surface area (Å²) in [7, 11) is 0. The molecule has 0 aliphatic carbocycles. The Labute approximate surface area is 116 Å². The second kappa shape index (κ2) is 4.44. The number of aromatic amines is 1. The molecule has 8 heteroatoms. The summed E-state index contributed by atoms with van der Waals surface area (Å²) < 4.78 is 4.96. The lowest BCUT2D eigenvalue weighted by Crippen LogP contribution is -2.14. The van der Waals surface area contributed by atoms with Crippen molar-refractivity contribution < 1.29 is 9.52 Å². The van der Waals surface area contributed by atoms with Crippen molar-refractivity contribution in [3.05, 3.63) is 44.9 Å². The van der Waals surface area contributed by atoms with Crippen molar-refractivity contribution in [3.8, 4) is 16.9 Å². The highest BCUT2D eigenvalue weighted by Gasteiger charge is 2.18. The lowest BCUT2D eigenvalue weighted by Gasteiger charge is -2.06. The van der Waals surface area contributed by atoms with Crippen molar-refractivity contribution in [2.45, 2.75) is 6.92 Å². The number of hydrogen-bond donors (Lipinski definition) is 3. The van der Waals surface area contributed by atoms with Crippen LogP contribution in [-0.4, -0.2) is 20.1 Å². The largest absolute Gasteiger partial charge is 0.507 e. The van der Waals surface area contributed by atoms with Crippen LogP contribution in [-0.2, 0) is 0 Å². The number of H-pyrrole nitrogens is 1. The fourth-order valence-corrected chi connectivity index (χ4v) is 2.13. The molecule has 0 atom stereocenters. The maximum Gasteiger partial charge on any atom is 0.347 e. The Balaban J connectivity index is 2.48. The van der Waals surface area contributed by atoms with Gasteiger partial charge in [-0.15, -0.1) is 0 Å². The van der Waals surface area contributed by atoms with Gasteiger partial charge in [0.2, 0.25) is 5.95 Å². The van der Waals surface area contributed by atoms with E-state index in [4.69, 9.17) is 10.2 Å². The van der Waals surface area contributed by atoms with Crippen LogP contribution < -0.4 is 16.9 Å². The van der Waals surface area contributed by atoms with Crippen LogP contribution in [0.2, 0.25) is 0 Å². The van der Waals surface area contributed by atoms with E-state index in [1.165, 1.54) is 25.3 Å². The van der Waals surface area contributed by atoms with Gasteiger partial charge in [0.1, 0.15) is 17.1 Å². The Morgan fingerprint density at radius 1 is 1.38 bits per heavy atom. The molecule has 0 unspecified atom stereocenters. The number of aromatic hydroxyl groups is 1. The van der Waals surface area contributed by atoms with Crippen LogP contribution in [0.4, 0.5) is 5.95 Å². The first-order chi connectivity index (χ1) is 9.97. The molecule has 3 heterocycles. The molecule has 3 aromatic rings. The molecule has 0 radical (unpaired) electrons. The van der Waals surface area contributed by atoms with Gasteiger partial charge >= 0.3 is 5.63 Å². The second-order valence-electron chi connectivity index (χ2n) is 4.41. The predicted molar refractivity (Wildman–Crippen MR) is 74.9 cm³/mol. The number of nitrogens with zero attached hydrogens (tertiary/aromatic N) is 2. The van der Waals surface area contributed by atoms with Gasteiger partial charge in [-0.25, -0.2) is 9.78 Å². The summed E-state index contributed by atoms with van der Waals surface area (Å²) in [6.07, 6.45) is 1.36. The summed E-state index contributed by atoms with van der Waals surface area (Å²) in [4.78, 5) is 34.2. The third-order valence-electron chi connectivity index (χ3n) is 2.95. The molecule has 3 rings (SSSR count). The molecule has 0 spiro atoms. The van der Waals surface area contributed by atoms with E-state index in [9.17, 15) is 14.7 Å². The van der Waals surface area contributed by atoms with Crippen LogP contribution in [0.15, 0.2) is 32.3 Å². The van der Waals surface area contributed by atoms with E-state index >= 15 is 0 Å². The molecule has 3 aromatic heterocycles. The van der Waals surface area contributed by atoms with Crippen LogP contribution in [0, 0.1) is 6.92 Å². The lowest BCUT2D eigenvalue weighted by molar-refractivity contribution is 0.438. The normalized spacial score (nSPS) is 10.9. The van der Waals surface area contributed by atoms with Crippen molar-refractivity contribution in [1.82, 2.24) is 15.0 Å². The molecule has 106 valence electrons. The van der Waals surface area contributed by atoms with Gasteiger partial charge in [-0.05, 0) is 13.0 Å². The minimum Gasteiger partial charge on any atom is -0.507 e. The van der Waals surface area contributed by atoms with Crippen molar-refractivity contribution in [2.24, 2.45) is 0 Å². The number of anilines is 1. The second-order valence-corrected chi connectivity index (χ2v) is 4.41. The van der Waals surface area contributed by atoms with E-state index in [1.54, 1.807) is 0 Å². The number of rotatable bonds is 1. The zero-order valence-corrected chi connectivity index (χ0v) is 10.9. The minimum absolute atomic E-state index is 0.0538. The highest BCUT2D eigenvalue weighted by molar-refractivity contribution is 5.93. The van der Waals surface area contributed by atoms with Crippen LogP contribution >= 0.6 is 0 Å². The minimum atomic E-state index is -0.753. The van der Waals surface area contributed by atoms with Gasteiger partial charge in [0.25, 0.3) is 5.56 Å². The van der Waals surface area contributed by atoms with Gasteiger partial charge in [0, 0.05) is 17.8 Å². The van der Waals surface area contributed by atoms with Crippen LogP contribution in [0.25, 0.3) is 22.2 Å². The van der Waals surface area contributed by atoms with Crippen molar-refractivity contribution in [1.29, 1.82) is 0 Å². The van der Waals surface area contributed by atoms with E-state index in [2.05, 4.69) is 15.0 Å². The molecule has 0 aliphatic rings. The quantitative estimate of drug-likeness (QED) is 0.593. The number of aryl methyl sites for hydroxylation is 1. The molecule has 0 fully saturated rings. The first-order valence-electron chi connectivity index (χ1n) is 5.96. The molecular formula is C13H10N4O4. The third kappa shape index (κ3) is 2.02. The number of aromatic nitrogens is 3. The number of fused-ring (bicyclic) bond motifs is 1. The number of nitrogens with one attached hydrogen (secondary N) is 1. The Bertz CT molecular complexity index is 974. The average Bonchev–Trinajstić information content (AvgIpc) is 2.36. The third-order valence-corrected chi connectivity index (χ3v) is 2.95. The summed E-state index contributed by atoms with van der Waals surface area (Å²) in [5.74, 6) is -0.110. The van der Waals surface area contributed by atoms with E-state index < -0.39 is 11.2 Å². The number of nitrogens with two attached hydrogens (primary N) is 1. The highest BCUT2D eigenvalue weighted by atomic mass is 16.4. The van der Waals surface area contributed by atoms with Crippen molar-refractivity contribution >= 4 is 17.0 Å². The van der Waals surface area contributed by atoms with E-state index in [-0.39, 0.29) is 39.6 Å². The summed E-state index contributed by atoms with van der Waals surface area (Å²) in [6.45, 7) is 1.53. The Morgan fingerprint density at radius 2 is 2.14 bits per heavy atom. The van der Waals surface area contributed by atoms with Gasteiger partial charge < -0.3 is 15.3 Å². The summed E-state index contributed by atoms with van der Waals surface area (Å²) in [5.41, 5.74) is 4.28. The average molecular weight is 286 g/mol. The Morgan fingerprint density at radius 3 is 2.86 bits per heavy atom. The molecule has 8 nitrogen and oxygen atoms in total. The smallest absolute Gasteiger partial charge is 0.347 e. The fourth-order valence-electron chi connectivity index (χ4n) is 2.13. The molecule has 0 bridgehead atoms. The van der Waals surface area contributed by atoms with Gasteiger partial charge in [0.05, 0.1) is 5.39 Å². The first-order valence-corrected chi connectivity index (χ1v) is 5.96. The lowest BCUT2D eigenvalue weighted by atomic mass is 10.0. The Hall–Kier alpha value is -3.16. The summed E-state index contributed by atoms with van der Waals surface area (Å²) >= 11 is 0. The summed E-state index contributed by atoms with van der Waals surface area (Å²) in [5, 5.41) is 10.0. The van der Waals surface area contributed by atoms with Crippen LogP contribution in [0.5, 0.6) is 5.75 Å². The topological polar surface area (TPSA) is 135 Å². The maximum atomic E-state index is 12.1. The number of pyridine rings is 1. The zero-order chi connectivity index (χ0) is 15.1. The molecule has 0 aliphatic heterocycles. The first kappa shape index (κ1) is 12.9. The molecule has 4 N–H and O–H groups in total. The molecule has 21 heavy (non-hydrogen) atoms. The highest BCUT2D eigenvalue weighted by Crippen LogP contribution is 2.29. The van der Waals surface area contributed by atoms with Crippen molar-refractivity contribution in [2.75, 3.05) is 5.73 Å². The standard InChI is InChI=1S/C13H10N4O4/c1-5-4-7(18)8(12(20)21-5)6-2-3-15-10-9(6)11(19)17-13(14)16-10/h2-4,18H,1H3,(H3,14,15,16,17,19). The van der Waals surface area contributed by atoms with Gasteiger partial charge in [-0.3, -0.25) is 9.78 Å². The SMILES string of the molecule is Cc1cc(O)c(-c2ccnc3nc(N)[nH]c(=O)c23)c(=O)o1. The predicted octanol–water partition coefficient (Wildman–Crippen LogP) is 0.535. The van der Waals surface area contributed by atoms with Crippen LogP contribution in [0.3, 0.4) is 0 Å².